The molecule has 0 aromatic rings. The van der Waals surface area contributed by atoms with Crippen LogP contribution in [0.15, 0.2) is 0 Å². The fraction of sp³-hybridized carbons (Fsp3) is 0.812. The largest absolute Gasteiger partial charge is 0.480 e. The minimum Gasteiger partial charge on any atom is -0.480 e. The molecule has 6 heteroatoms. The average Bonchev–Trinajstić information content (AvgIpc) is 2.54. The van der Waals surface area contributed by atoms with Gasteiger partial charge in [0.05, 0.1) is 0 Å². The van der Waals surface area contributed by atoms with Crippen LogP contribution in [0.4, 0.5) is 0 Å². The first kappa shape index (κ1) is 16.8. The van der Waals surface area contributed by atoms with Crippen molar-refractivity contribution in [2.75, 3.05) is 13.1 Å². The Balaban J connectivity index is 1.91. The van der Waals surface area contributed by atoms with Crippen molar-refractivity contribution in [2.45, 2.75) is 57.9 Å². The number of rotatable bonds is 4. The molecule has 22 heavy (non-hydrogen) atoms. The molecule has 2 fully saturated rings. The monoisotopic (exact) mass is 310 g/mol. The molecule has 1 saturated carbocycles. The van der Waals surface area contributed by atoms with Gasteiger partial charge in [-0.3, -0.25) is 9.59 Å². The van der Waals surface area contributed by atoms with E-state index in [1.54, 1.807) is 4.90 Å². The summed E-state index contributed by atoms with van der Waals surface area (Å²) >= 11 is 0. The molecule has 6 nitrogen and oxygen atoms in total. The lowest BCUT2D eigenvalue weighted by molar-refractivity contribution is -0.154. The Bertz CT molecular complexity index is 430. The zero-order valence-corrected chi connectivity index (χ0v) is 13.2. The van der Waals surface area contributed by atoms with E-state index in [-0.39, 0.29) is 23.7 Å². The second-order valence-electron chi connectivity index (χ2n) is 6.32. The van der Waals surface area contributed by atoms with Crippen molar-refractivity contribution in [2.24, 2.45) is 11.8 Å². The van der Waals surface area contributed by atoms with Gasteiger partial charge >= 0.3 is 5.97 Å². The number of likely N-dealkylation sites (tertiary alicyclic amines) is 1. The number of nitrogens with zero attached hydrogens (tertiary/aromatic N) is 1. The summed E-state index contributed by atoms with van der Waals surface area (Å²) in [6.07, 6.45) is 5.10. The third-order valence-electron chi connectivity index (χ3n) is 4.87. The zero-order chi connectivity index (χ0) is 16.1. The number of piperidine rings is 1. The Hall–Kier alpha value is -1.59. The van der Waals surface area contributed by atoms with E-state index < -0.39 is 12.0 Å². The summed E-state index contributed by atoms with van der Waals surface area (Å²) in [5, 5.41) is 12.1. The number of hydrogen-bond donors (Lipinski definition) is 2. The Morgan fingerprint density at radius 1 is 1.05 bits per heavy atom. The minimum atomic E-state index is -0.899. The van der Waals surface area contributed by atoms with E-state index in [4.69, 9.17) is 0 Å². The Morgan fingerprint density at radius 2 is 1.68 bits per heavy atom. The molecule has 0 aromatic carbocycles. The van der Waals surface area contributed by atoms with Crippen molar-refractivity contribution in [1.29, 1.82) is 0 Å². The Labute approximate surface area is 131 Å². The molecular weight excluding hydrogens is 284 g/mol. The second kappa shape index (κ2) is 7.61. The van der Waals surface area contributed by atoms with E-state index in [0.717, 1.165) is 12.8 Å². The smallest absolute Gasteiger partial charge is 0.326 e. The maximum atomic E-state index is 12.6. The summed E-state index contributed by atoms with van der Waals surface area (Å²) in [6, 6.07) is -0.664. The van der Waals surface area contributed by atoms with Crippen LogP contribution in [0, 0.1) is 11.8 Å². The van der Waals surface area contributed by atoms with Crippen molar-refractivity contribution >= 4 is 17.8 Å². The van der Waals surface area contributed by atoms with Crippen LogP contribution < -0.4 is 5.32 Å². The van der Waals surface area contributed by atoms with E-state index in [9.17, 15) is 19.5 Å². The highest BCUT2D eigenvalue weighted by Crippen LogP contribution is 2.32. The predicted molar refractivity (Wildman–Crippen MR) is 81.1 cm³/mol. The van der Waals surface area contributed by atoms with E-state index in [1.165, 1.54) is 0 Å². The summed E-state index contributed by atoms with van der Waals surface area (Å²) < 4.78 is 0. The van der Waals surface area contributed by atoms with Gasteiger partial charge in [-0.1, -0.05) is 0 Å². The molecule has 2 N–H and O–H groups in total. The predicted octanol–water partition coefficient (Wildman–Crippen LogP) is 1.39. The van der Waals surface area contributed by atoms with E-state index in [2.05, 4.69) is 5.32 Å². The van der Waals surface area contributed by atoms with Gasteiger partial charge in [-0.05, 0) is 51.9 Å². The standard InChI is InChI=1S/C16H26N2O4/c1-2-17-14(19)11-6-8-12(9-7-11)15(20)18-10-4-3-5-13(18)16(21)22/h11-13H,2-10H2,1H3,(H,17,19)(H,21,22). The number of carbonyl (C=O) groups excluding carboxylic acids is 2. The number of hydrogen-bond acceptors (Lipinski definition) is 3. The van der Waals surface area contributed by atoms with Crippen molar-refractivity contribution in [1.82, 2.24) is 10.2 Å². The van der Waals surface area contributed by atoms with Crippen LogP contribution in [-0.2, 0) is 14.4 Å². The van der Waals surface area contributed by atoms with Gasteiger partial charge in [-0.2, -0.15) is 0 Å². The highest BCUT2D eigenvalue weighted by molar-refractivity contribution is 5.86. The summed E-state index contributed by atoms with van der Waals surface area (Å²) in [5.74, 6) is -0.966. The van der Waals surface area contributed by atoms with Gasteiger partial charge in [-0.25, -0.2) is 4.79 Å². The number of aliphatic carboxylic acids is 1. The lowest BCUT2D eigenvalue weighted by Crippen LogP contribution is -2.50. The molecule has 2 rings (SSSR count). The third kappa shape index (κ3) is 3.78. The fourth-order valence-corrected chi connectivity index (χ4v) is 3.61. The molecule has 124 valence electrons. The van der Waals surface area contributed by atoms with Crippen LogP contribution in [0.3, 0.4) is 0 Å². The number of amides is 2. The Kier molecular flexibility index (Phi) is 5.80. The molecule has 1 unspecified atom stereocenters. The van der Waals surface area contributed by atoms with Gasteiger partial charge in [0.15, 0.2) is 0 Å². The van der Waals surface area contributed by atoms with Gasteiger partial charge in [0.1, 0.15) is 6.04 Å². The van der Waals surface area contributed by atoms with Crippen LogP contribution in [0.2, 0.25) is 0 Å². The molecule has 0 radical (unpaired) electrons. The maximum Gasteiger partial charge on any atom is 0.326 e. The van der Waals surface area contributed by atoms with Crippen LogP contribution in [0.25, 0.3) is 0 Å². The molecule has 0 spiro atoms. The summed E-state index contributed by atoms with van der Waals surface area (Å²) in [7, 11) is 0. The maximum absolute atomic E-state index is 12.6. The van der Waals surface area contributed by atoms with Crippen molar-refractivity contribution in [3.8, 4) is 0 Å². The van der Waals surface area contributed by atoms with Crippen LogP contribution >= 0.6 is 0 Å². The first-order chi connectivity index (χ1) is 10.5. The lowest BCUT2D eigenvalue weighted by Gasteiger charge is -2.37. The molecule has 0 bridgehead atoms. The number of carboxylic acids is 1. The summed E-state index contributed by atoms with van der Waals surface area (Å²) in [6.45, 7) is 3.08. The van der Waals surface area contributed by atoms with Crippen LogP contribution in [0.1, 0.15) is 51.9 Å². The molecular formula is C16H26N2O4. The lowest BCUT2D eigenvalue weighted by atomic mass is 9.80. The molecule has 1 saturated heterocycles. The molecule has 2 amide bonds. The fourth-order valence-electron chi connectivity index (χ4n) is 3.61. The highest BCUT2D eigenvalue weighted by atomic mass is 16.4. The molecule has 1 atom stereocenters. The summed E-state index contributed by atoms with van der Waals surface area (Å²) in [5.41, 5.74) is 0. The van der Waals surface area contributed by atoms with Crippen molar-refractivity contribution < 1.29 is 19.5 Å². The van der Waals surface area contributed by atoms with E-state index in [1.807, 2.05) is 6.92 Å². The first-order valence-corrected chi connectivity index (χ1v) is 8.35. The molecule has 1 aliphatic carbocycles. The van der Waals surface area contributed by atoms with Crippen LogP contribution in [-0.4, -0.2) is 46.9 Å². The van der Waals surface area contributed by atoms with Crippen LogP contribution in [0.5, 0.6) is 0 Å². The first-order valence-electron chi connectivity index (χ1n) is 8.35. The number of carbonyl (C=O) groups is 3. The van der Waals surface area contributed by atoms with Gasteiger partial charge in [0.25, 0.3) is 0 Å². The van der Waals surface area contributed by atoms with Gasteiger partial charge in [-0.15, -0.1) is 0 Å². The zero-order valence-electron chi connectivity index (χ0n) is 13.2. The van der Waals surface area contributed by atoms with E-state index >= 15 is 0 Å². The minimum absolute atomic E-state index is 0.000580. The number of nitrogens with one attached hydrogen (secondary N) is 1. The molecule has 1 aliphatic heterocycles. The van der Waals surface area contributed by atoms with Gasteiger partial charge in [0, 0.05) is 24.9 Å². The third-order valence-corrected chi connectivity index (χ3v) is 4.87. The second-order valence-corrected chi connectivity index (χ2v) is 6.32. The highest BCUT2D eigenvalue weighted by Gasteiger charge is 2.37. The SMILES string of the molecule is CCNC(=O)C1CCC(C(=O)N2CCCCC2C(=O)O)CC1. The van der Waals surface area contributed by atoms with Gasteiger partial charge in [0.2, 0.25) is 11.8 Å². The topological polar surface area (TPSA) is 86.7 Å². The van der Waals surface area contributed by atoms with Crippen molar-refractivity contribution in [3.05, 3.63) is 0 Å². The molecule has 2 aliphatic rings. The summed E-state index contributed by atoms with van der Waals surface area (Å²) in [4.78, 5) is 37.3. The van der Waals surface area contributed by atoms with Gasteiger partial charge < -0.3 is 15.3 Å². The Morgan fingerprint density at radius 3 is 2.27 bits per heavy atom. The number of carboxylic acid groups (broad SMARTS) is 1. The molecule has 1 heterocycles. The van der Waals surface area contributed by atoms with Crippen molar-refractivity contribution in [3.63, 3.8) is 0 Å². The average molecular weight is 310 g/mol. The quantitative estimate of drug-likeness (QED) is 0.821. The normalized spacial score (nSPS) is 29.0. The molecule has 0 aromatic heterocycles. The van der Waals surface area contributed by atoms with E-state index in [0.29, 0.717) is 45.2 Å².